The Hall–Kier alpha value is -0.120. The van der Waals surface area contributed by atoms with Crippen LogP contribution in [-0.2, 0) is 0 Å². The van der Waals surface area contributed by atoms with Gasteiger partial charge in [-0.2, -0.15) is 0 Å². The van der Waals surface area contributed by atoms with Crippen molar-refractivity contribution in [3.05, 3.63) is 0 Å². The first-order valence-electron chi connectivity index (χ1n) is 6.55. The molecule has 1 fully saturated rings. The third-order valence-electron chi connectivity index (χ3n) is 3.97. The van der Waals surface area contributed by atoms with Crippen molar-refractivity contribution in [3.8, 4) is 0 Å². The molecule has 0 aliphatic carbocycles. The van der Waals surface area contributed by atoms with Crippen LogP contribution in [0.3, 0.4) is 0 Å². The van der Waals surface area contributed by atoms with Crippen LogP contribution in [0.4, 0.5) is 0 Å². The highest BCUT2D eigenvalue weighted by atomic mass is 16.3. The molecule has 0 radical (unpaired) electrons. The molecule has 1 unspecified atom stereocenters. The molecule has 0 aromatic rings. The van der Waals surface area contributed by atoms with E-state index in [9.17, 15) is 5.11 Å². The van der Waals surface area contributed by atoms with Gasteiger partial charge in [-0.15, -0.1) is 0 Å². The van der Waals surface area contributed by atoms with E-state index in [1.165, 1.54) is 6.42 Å². The minimum atomic E-state index is -0.136. The molecule has 96 valence electrons. The number of nitrogens with two attached hydrogens (primary N) is 1. The number of hydrogen-bond donors (Lipinski definition) is 2. The number of likely N-dealkylation sites (tertiary alicyclic amines) is 1. The summed E-state index contributed by atoms with van der Waals surface area (Å²) in [6, 6.07) is 0. The Morgan fingerprint density at radius 1 is 1.38 bits per heavy atom. The first-order chi connectivity index (χ1) is 7.44. The van der Waals surface area contributed by atoms with Crippen molar-refractivity contribution < 1.29 is 5.11 Å². The SMILES string of the molecule is CC(O)C1CCN(CCC(C)(C)CN)CC1. The minimum Gasteiger partial charge on any atom is -0.393 e. The van der Waals surface area contributed by atoms with Crippen LogP contribution in [0.5, 0.6) is 0 Å². The Morgan fingerprint density at radius 3 is 2.38 bits per heavy atom. The van der Waals surface area contributed by atoms with Crippen molar-refractivity contribution in [1.29, 1.82) is 0 Å². The van der Waals surface area contributed by atoms with E-state index in [4.69, 9.17) is 5.73 Å². The second kappa shape index (κ2) is 5.99. The van der Waals surface area contributed by atoms with Crippen LogP contribution in [0.2, 0.25) is 0 Å². The van der Waals surface area contributed by atoms with Gasteiger partial charge in [-0.3, -0.25) is 0 Å². The fourth-order valence-electron chi connectivity index (χ4n) is 2.22. The lowest BCUT2D eigenvalue weighted by atomic mass is 9.88. The van der Waals surface area contributed by atoms with Gasteiger partial charge in [0.05, 0.1) is 6.10 Å². The molecule has 3 heteroatoms. The fraction of sp³-hybridized carbons (Fsp3) is 1.00. The summed E-state index contributed by atoms with van der Waals surface area (Å²) in [4.78, 5) is 2.51. The molecule has 0 aromatic carbocycles. The normalized spacial score (nSPS) is 22.3. The molecular weight excluding hydrogens is 200 g/mol. The second-order valence-electron chi connectivity index (χ2n) is 6.04. The summed E-state index contributed by atoms with van der Waals surface area (Å²) in [5, 5.41) is 9.53. The van der Waals surface area contributed by atoms with Crippen LogP contribution in [-0.4, -0.2) is 42.3 Å². The second-order valence-corrected chi connectivity index (χ2v) is 6.04. The van der Waals surface area contributed by atoms with E-state index in [1.54, 1.807) is 0 Å². The van der Waals surface area contributed by atoms with Gasteiger partial charge in [-0.1, -0.05) is 13.8 Å². The molecule has 16 heavy (non-hydrogen) atoms. The summed E-state index contributed by atoms with van der Waals surface area (Å²) in [7, 11) is 0. The highest BCUT2D eigenvalue weighted by Gasteiger charge is 2.24. The van der Waals surface area contributed by atoms with Crippen molar-refractivity contribution in [2.24, 2.45) is 17.1 Å². The Balaban J connectivity index is 2.22. The maximum atomic E-state index is 9.53. The molecule has 1 rings (SSSR count). The molecule has 0 spiro atoms. The van der Waals surface area contributed by atoms with Gasteiger partial charge in [0.15, 0.2) is 0 Å². The van der Waals surface area contributed by atoms with Gasteiger partial charge >= 0.3 is 0 Å². The minimum absolute atomic E-state index is 0.136. The van der Waals surface area contributed by atoms with Crippen molar-refractivity contribution in [3.63, 3.8) is 0 Å². The number of piperidine rings is 1. The van der Waals surface area contributed by atoms with Gasteiger partial charge in [-0.25, -0.2) is 0 Å². The van der Waals surface area contributed by atoms with E-state index in [-0.39, 0.29) is 11.5 Å². The Morgan fingerprint density at radius 2 is 1.94 bits per heavy atom. The van der Waals surface area contributed by atoms with Gasteiger partial charge in [0, 0.05) is 0 Å². The summed E-state index contributed by atoms with van der Waals surface area (Å²) in [6.45, 7) is 10.6. The third kappa shape index (κ3) is 4.40. The summed E-state index contributed by atoms with van der Waals surface area (Å²) in [5.41, 5.74) is 6.00. The monoisotopic (exact) mass is 228 g/mol. The molecule has 1 aliphatic rings. The third-order valence-corrected chi connectivity index (χ3v) is 3.97. The van der Waals surface area contributed by atoms with Crippen molar-refractivity contribution >= 4 is 0 Å². The maximum absolute atomic E-state index is 9.53. The number of nitrogens with zero attached hydrogens (tertiary/aromatic N) is 1. The quantitative estimate of drug-likeness (QED) is 0.749. The van der Waals surface area contributed by atoms with Crippen LogP contribution >= 0.6 is 0 Å². The number of hydrogen-bond acceptors (Lipinski definition) is 3. The Kier molecular flexibility index (Phi) is 5.22. The van der Waals surface area contributed by atoms with Gasteiger partial charge in [-0.05, 0) is 63.7 Å². The molecule has 0 bridgehead atoms. The molecule has 1 heterocycles. The van der Waals surface area contributed by atoms with E-state index in [2.05, 4.69) is 18.7 Å². The number of aliphatic hydroxyl groups excluding tert-OH is 1. The van der Waals surface area contributed by atoms with Crippen molar-refractivity contribution in [2.75, 3.05) is 26.2 Å². The molecule has 0 aromatic heterocycles. The van der Waals surface area contributed by atoms with Crippen LogP contribution in [0, 0.1) is 11.3 Å². The fourth-order valence-corrected chi connectivity index (χ4v) is 2.22. The molecular formula is C13H28N2O. The zero-order chi connectivity index (χ0) is 12.2. The van der Waals surface area contributed by atoms with Gasteiger partial charge < -0.3 is 15.7 Å². The first kappa shape index (κ1) is 13.9. The maximum Gasteiger partial charge on any atom is 0.0541 e. The van der Waals surface area contributed by atoms with Crippen LogP contribution in [0.1, 0.15) is 40.0 Å². The van der Waals surface area contributed by atoms with Crippen molar-refractivity contribution in [2.45, 2.75) is 46.1 Å². The summed E-state index contributed by atoms with van der Waals surface area (Å²) < 4.78 is 0. The Labute approximate surface area is 100 Å². The predicted octanol–water partition coefficient (Wildman–Crippen LogP) is 1.45. The molecule has 1 atom stereocenters. The van der Waals surface area contributed by atoms with E-state index in [1.807, 2.05) is 6.92 Å². The summed E-state index contributed by atoms with van der Waals surface area (Å²) in [5.74, 6) is 0.513. The molecule has 3 nitrogen and oxygen atoms in total. The highest BCUT2D eigenvalue weighted by molar-refractivity contribution is 4.77. The average molecular weight is 228 g/mol. The zero-order valence-electron chi connectivity index (χ0n) is 11.1. The lowest BCUT2D eigenvalue weighted by molar-refractivity contribution is 0.0679. The van der Waals surface area contributed by atoms with Crippen molar-refractivity contribution in [1.82, 2.24) is 4.90 Å². The number of rotatable bonds is 5. The van der Waals surface area contributed by atoms with E-state index < -0.39 is 0 Å². The van der Waals surface area contributed by atoms with Crippen LogP contribution in [0.25, 0.3) is 0 Å². The van der Waals surface area contributed by atoms with Crippen LogP contribution in [0.15, 0.2) is 0 Å². The first-order valence-corrected chi connectivity index (χ1v) is 6.55. The lowest BCUT2D eigenvalue weighted by Gasteiger charge is -2.35. The molecule has 0 amide bonds. The standard InChI is InChI=1S/C13H28N2O/c1-11(16)12-4-7-15(8-5-12)9-6-13(2,3)10-14/h11-12,16H,4-10,14H2,1-3H3. The molecule has 1 aliphatic heterocycles. The highest BCUT2D eigenvalue weighted by Crippen LogP contribution is 2.23. The Bertz CT molecular complexity index is 196. The predicted molar refractivity (Wildman–Crippen MR) is 68.3 cm³/mol. The molecule has 0 saturated carbocycles. The van der Waals surface area contributed by atoms with E-state index >= 15 is 0 Å². The van der Waals surface area contributed by atoms with Gasteiger partial charge in [0.2, 0.25) is 0 Å². The summed E-state index contributed by atoms with van der Waals surface area (Å²) in [6.07, 6.45) is 3.31. The lowest BCUT2D eigenvalue weighted by Crippen LogP contribution is -2.39. The average Bonchev–Trinajstić information content (AvgIpc) is 2.27. The largest absolute Gasteiger partial charge is 0.393 e. The summed E-state index contributed by atoms with van der Waals surface area (Å²) >= 11 is 0. The molecule has 1 saturated heterocycles. The van der Waals surface area contributed by atoms with E-state index in [0.29, 0.717) is 5.92 Å². The zero-order valence-corrected chi connectivity index (χ0v) is 11.1. The van der Waals surface area contributed by atoms with E-state index in [0.717, 1.165) is 39.0 Å². The number of aliphatic hydroxyl groups is 1. The molecule has 3 N–H and O–H groups in total. The van der Waals surface area contributed by atoms with Gasteiger partial charge in [0.25, 0.3) is 0 Å². The topological polar surface area (TPSA) is 49.5 Å². The van der Waals surface area contributed by atoms with Gasteiger partial charge in [0.1, 0.15) is 0 Å². The van der Waals surface area contributed by atoms with Crippen LogP contribution < -0.4 is 5.73 Å². The smallest absolute Gasteiger partial charge is 0.0541 e.